The highest BCUT2D eigenvalue weighted by atomic mass is 127. The Morgan fingerprint density at radius 3 is 2.39 bits per heavy atom. The molecule has 0 aliphatic carbocycles. The Hall–Kier alpha value is -0.830. The predicted octanol–water partition coefficient (Wildman–Crippen LogP) is 4.67. The van der Waals surface area contributed by atoms with E-state index in [1.807, 2.05) is 13.8 Å². The Bertz CT molecular complexity index is 755. The molecule has 0 fully saturated rings. The monoisotopic (exact) mass is 468 g/mol. The molecule has 0 saturated heterocycles. The third kappa shape index (κ3) is 4.37. The quantitative estimate of drug-likeness (QED) is 0.598. The van der Waals surface area contributed by atoms with Crippen molar-refractivity contribution in [1.82, 2.24) is 9.78 Å². The molecule has 2 rings (SSSR count). The molecular formula is C15H15Cl2IN2O3. The lowest BCUT2D eigenvalue weighted by molar-refractivity contribution is 0.114. The lowest BCUT2D eigenvalue weighted by Crippen LogP contribution is -2.27. The fourth-order valence-electron chi connectivity index (χ4n) is 1.94. The van der Waals surface area contributed by atoms with Crippen molar-refractivity contribution in [2.75, 3.05) is 7.11 Å². The summed E-state index contributed by atoms with van der Waals surface area (Å²) in [6.07, 6.45) is 0. The van der Waals surface area contributed by atoms with E-state index in [4.69, 9.17) is 32.7 Å². The summed E-state index contributed by atoms with van der Waals surface area (Å²) in [5, 5.41) is 4.89. The van der Waals surface area contributed by atoms with Crippen LogP contribution in [0.1, 0.15) is 25.3 Å². The summed E-state index contributed by atoms with van der Waals surface area (Å²) in [6.45, 7) is 3.87. The van der Waals surface area contributed by atoms with Gasteiger partial charge in [-0.1, -0.05) is 37.0 Å². The molecule has 0 bridgehead atoms. The molecule has 0 amide bonds. The lowest BCUT2D eigenvalue weighted by Gasteiger charge is -2.14. The van der Waals surface area contributed by atoms with Gasteiger partial charge in [0.2, 0.25) is 5.88 Å². The van der Waals surface area contributed by atoms with Crippen LogP contribution in [-0.4, -0.2) is 16.9 Å². The van der Waals surface area contributed by atoms with Crippen LogP contribution in [0.2, 0.25) is 10.0 Å². The molecule has 2 aromatic rings. The first-order valence-corrected chi connectivity index (χ1v) is 8.60. The second kappa shape index (κ2) is 7.83. The van der Waals surface area contributed by atoms with Gasteiger partial charge in [-0.3, -0.25) is 4.79 Å². The van der Waals surface area contributed by atoms with Crippen LogP contribution in [0.5, 0.6) is 11.6 Å². The van der Waals surface area contributed by atoms with Gasteiger partial charge >= 0.3 is 0 Å². The van der Waals surface area contributed by atoms with Gasteiger partial charge in [0, 0.05) is 22.3 Å². The number of methoxy groups -OCH3 is 1. The molecule has 0 N–H and O–H groups in total. The molecule has 5 nitrogen and oxygen atoms in total. The van der Waals surface area contributed by atoms with Crippen molar-refractivity contribution in [3.8, 4) is 11.6 Å². The number of hydrogen-bond donors (Lipinski definition) is 0. The van der Waals surface area contributed by atoms with Crippen LogP contribution in [0, 0.1) is 3.57 Å². The maximum Gasteiger partial charge on any atom is 0.272 e. The number of nitrogens with zero attached hydrogens (tertiary/aromatic N) is 2. The van der Waals surface area contributed by atoms with E-state index in [0.29, 0.717) is 21.4 Å². The fourth-order valence-corrected chi connectivity index (χ4v) is 3.50. The van der Waals surface area contributed by atoms with Gasteiger partial charge in [0.1, 0.15) is 6.73 Å². The highest BCUT2D eigenvalue weighted by molar-refractivity contribution is 14.1. The number of halogens is 3. The summed E-state index contributed by atoms with van der Waals surface area (Å²) in [7, 11) is 1.49. The van der Waals surface area contributed by atoms with Gasteiger partial charge < -0.3 is 9.47 Å². The van der Waals surface area contributed by atoms with E-state index >= 15 is 0 Å². The van der Waals surface area contributed by atoms with Gasteiger partial charge in [-0.15, -0.1) is 5.10 Å². The summed E-state index contributed by atoms with van der Waals surface area (Å²) in [6, 6.07) is 5.07. The molecule has 0 unspecified atom stereocenters. The molecule has 1 heterocycles. The Balaban J connectivity index is 2.50. The molecular weight excluding hydrogens is 454 g/mol. The van der Waals surface area contributed by atoms with Crippen LogP contribution in [0.4, 0.5) is 0 Å². The largest absolute Gasteiger partial charge is 0.434 e. The van der Waals surface area contributed by atoms with Gasteiger partial charge in [-0.05, 0) is 40.6 Å². The van der Waals surface area contributed by atoms with E-state index in [-0.39, 0.29) is 24.1 Å². The van der Waals surface area contributed by atoms with Crippen LogP contribution >= 0.6 is 45.8 Å². The molecule has 0 saturated carbocycles. The first-order valence-electron chi connectivity index (χ1n) is 6.77. The minimum atomic E-state index is -0.214. The van der Waals surface area contributed by atoms with E-state index in [9.17, 15) is 4.79 Å². The van der Waals surface area contributed by atoms with Crippen LogP contribution < -0.4 is 10.3 Å². The van der Waals surface area contributed by atoms with Crippen molar-refractivity contribution in [1.29, 1.82) is 0 Å². The number of ether oxygens (including phenoxy) is 2. The van der Waals surface area contributed by atoms with Crippen LogP contribution in [0.3, 0.4) is 0 Å². The standard InChI is InChI=1S/C15H15Cl2IN2O3/c1-8(2)10-6-13(19-20(7-22-3)15(10)21)23-14-11(16)4-9(18)5-12(14)17/h4-6,8H,7H2,1-3H3. The molecule has 0 spiro atoms. The zero-order valence-electron chi connectivity index (χ0n) is 12.8. The van der Waals surface area contributed by atoms with Gasteiger partial charge in [-0.25, -0.2) is 0 Å². The minimum absolute atomic E-state index is 0.0126. The Morgan fingerprint density at radius 1 is 1.26 bits per heavy atom. The molecule has 23 heavy (non-hydrogen) atoms. The Morgan fingerprint density at radius 2 is 1.87 bits per heavy atom. The second-order valence-electron chi connectivity index (χ2n) is 5.12. The average Bonchev–Trinajstić information content (AvgIpc) is 2.45. The van der Waals surface area contributed by atoms with Crippen molar-refractivity contribution >= 4 is 45.8 Å². The molecule has 8 heteroatoms. The number of hydrogen-bond acceptors (Lipinski definition) is 4. The molecule has 0 aliphatic rings. The van der Waals surface area contributed by atoms with E-state index < -0.39 is 0 Å². The number of aromatic nitrogens is 2. The molecule has 0 atom stereocenters. The molecule has 1 aromatic heterocycles. The van der Waals surface area contributed by atoms with Gasteiger partial charge in [0.25, 0.3) is 5.56 Å². The predicted molar refractivity (Wildman–Crippen MR) is 98.8 cm³/mol. The zero-order valence-corrected chi connectivity index (χ0v) is 16.4. The SMILES string of the molecule is COCn1nc(Oc2c(Cl)cc(I)cc2Cl)cc(C(C)C)c1=O. The topological polar surface area (TPSA) is 53.4 Å². The third-order valence-electron chi connectivity index (χ3n) is 3.02. The molecule has 0 radical (unpaired) electrons. The lowest BCUT2D eigenvalue weighted by atomic mass is 10.1. The summed E-state index contributed by atoms with van der Waals surface area (Å²) in [5.41, 5.74) is 0.360. The van der Waals surface area contributed by atoms with Crippen molar-refractivity contribution in [3.63, 3.8) is 0 Å². The Kier molecular flexibility index (Phi) is 6.30. The summed E-state index contributed by atoms with van der Waals surface area (Å²) >= 11 is 14.5. The average molecular weight is 469 g/mol. The van der Waals surface area contributed by atoms with Crippen LogP contribution in [-0.2, 0) is 11.5 Å². The van der Waals surface area contributed by atoms with Crippen molar-refractivity contribution < 1.29 is 9.47 Å². The highest BCUT2D eigenvalue weighted by Crippen LogP contribution is 2.37. The first kappa shape index (κ1) is 18.5. The van der Waals surface area contributed by atoms with Crippen LogP contribution in [0.15, 0.2) is 23.0 Å². The first-order chi connectivity index (χ1) is 10.8. The summed E-state index contributed by atoms with van der Waals surface area (Å²) in [5.74, 6) is 0.549. The van der Waals surface area contributed by atoms with Crippen LogP contribution in [0.25, 0.3) is 0 Å². The second-order valence-corrected chi connectivity index (χ2v) is 7.18. The maximum absolute atomic E-state index is 12.3. The molecule has 1 aromatic carbocycles. The normalized spacial score (nSPS) is 11.1. The van der Waals surface area contributed by atoms with E-state index in [2.05, 4.69) is 27.7 Å². The van der Waals surface area contributed by atoms with Gasteiger partial charge in [-0.2, -0.15) is 4.68 Å². The third-order valence-corrected chi connectivity index (χ3v) is 4.21. The fraction of sp³-hybridized carbons (Fsp3) is 0.333. The van der Waals surface area contributed by atoms with Crippen molar-refractivity contribution in [2.45, 2.75) is 26.5 Å². The maximum atomic E-state index is 12.3. The Labute approximate surface area is 157 Å². The van der Waals surface area contributed by atoms with Crippen molar-refractivity contribution in [2.24, 2.45) is 0 Å². The van der Waals surface area contributed by atoms with E-state index in [0.717, 1.165) is 3.57 Å². The summed E-state index contributed by atoms with van der Waals surface area (Å²) in [4.78, 5) is 12.3. The van der Waals surface area contributed by atoms with Gasteiger partial charge in [0.15, 0.2) is 5.75 Å². The number of rotatable bonds is 5. The molecule has 124 valence electrons. The number of benzene rings is 1. The summed E-state index contributed by atoms with van der Waals surface area (Å²) < 4.78 is 12.8. The highest BCUT2D eigenvalue weighted by Gasteiger charge is 2.16. The minimum Gasteiger partial charge on any atom is -0.434 e. The van der Waals surface area contributed by atoms with Gasteiger partial charge in [0.05, 0.1) is 10.0 Å². The zero-order chi connectivity index (χ0) is 17.1. The molecule has 0 aliphatic heterocycles. The van der Waals surface area contributed by atoms with E-state index in [1.165, 1.54) is 11.8 Å². The van der Waals surface area contributed by atoms with E-state index in [1.54, 1.807) is 18.2 Å². The smallest absolute Gasteiger partial charge is 0.272 e. The van der Waals surface area contributed by atoms with Crippen molar-refractivity contribution in [3.05, 3.63) is 47.7 Å².